The van der Waals surface area contributed by atoms with Gasteiger partial charge in [0.1, 0.15) is 0 Å². The van der Waals surface area contributed by atoms with E-state index in [0.717, 1.165) is 5.56 Å². The van der Waals surface area contributed by atoms with Gasteiger partial charge in [0.2, 0.25) is 0 Å². The maximum Gasteiger partial charge on any atom is 0.0900 e. The van der Waals surface area contributed by atoms with E-state index in [4.69, 9.17) is 10.5 Å². The number of pyridine rings is 1. The number of aromatic nitrogens is 1. The van der Waals surface area contributed by atoms with Gasteiger partial charge in [-0.25, -0.2) is 0 Å². The Morgan fingerprint density at radius 3 is 2.78 bits per heavy atom. The molecule has 0 saturated carbocycles. The smallest absolute Gasteiger partial charge is 0.0900 e. The lowest BCUT2D eigenvalue weighted by molar-refractivity contribution is 0.0317. The minimum absolute atomic E-state index is 0.0326. The highest BCUT2D eigenvalue weighted by molar-refractivity contribution is 5.15. The fourth-order valence-electron chi connectivity index (χ4n) is 2.20. The van der Waals surface area contributed by atoms with Crippen molar-refractivity contribution in [2.75, 3.05) is 27.3 Å². The van der Waals surface area contributed by atoms with E-state index in [0.29, 0.717) is 13.2 Å². The molecule has 0 saturated heterocycles. The van der Waals surface area contributed by atoms with Gasteiger partial charge in [-0.3, -0.25) is 9.88 Å². The molecule has 1 heterocycles. The molecule has 1 aromatic rings. The molecule has 0 amide bonds. The molecule has 0 bridgehead atoms. The maximum absolute atomic E-state index is 9.77. The average molecular weight is 253 g/mol. The Hall–Kier alpha value is -1.01. The predicted octanol–water partition coefficient (Wildman–Crippen LogP) is 0.409. The molecule has 3 unspecified atom stereocenters. The molecular weight excluding hydrogens is 230 g/mol. The zero-order chi connectivity index (χ0) is 13.5. The van der Waals surface area contributed by atoms with E-state index >= 15 is 0 Å². The van der Waals surface area contributed by atoms with Crippen molar-refractivity contribution in [1.29, 1.82) is 0 Å². The molecule has 0 radical (unpaired) electrons. The van der Waals surface area contributed by atoms with Gasteiger partial charge < -0.3 is 15.6 Å². The minimum atomic E-state index is -0.516. The zero-order valence-electron chi connectivity index (χ0n) is 11.3. The van der Waals surface area contributed by atoms with Crippen molar-refractivity contribution in [1.82, 2.24) is 9.88 Å². The molecule has 0 spiro atoms. The second-order valence-corrected chi connectivity index (χ2v) is 4.64. The van der Waals surface area contributed by atoms with E-state index in [-0.39, 0.29) is 12.1 Å². The summed E-state index contributed by atoms with van der Waals surface area (Å²) in [6.07, 6.45) is 3.03. The van der Waals surface area contributed by atoms with E-state index in [9.17, 15) is 5.11 Å². The van der Waals surface area contributed by atoms with Crippen LogP contribution >= 0.6 is 0 Å². The van der Waals surface area contributed by atoms with E-state index in [2.05, 4.69) is 4.98 Å². The summed E-state index contributed by atoms with van der Waals surface area (Å²) in [5.74, 6) is 0. The third kappa shape index (κ3) is 4.34. The Morgan fingerprint density at radius 2 is 2.28 bits per heavy atom. The Balaban J connectivity index is 2.73. The molecule has 0 aliphatic heterocycles. The zero-order valence-corrected chi connectivity index (χ0v) is 11.3. The van der Waals surface area contributed by atoms with Gasteiger partial charge in [0.25, 0.3) is 0 Å². The fourth-order valence-corrected chi connectivity index (χ4v) is 2.20. The van der Waals surface area contributed by atoms with Gasteiger partial charge >= 0.3 is 0 Å². The molecule has 0 aromatic carbocycles. The van der Waals surface area contributed by atoms with Crippen molar-refractivity contribution in [3.8, 4) is 0 Å². The quantitative estimate of drug-likeness (QED) is 0.736. The molecule has 0 aliphatic carbocycles. The summed E-state index contributed by atoms with van der Waals surface area (Å²) in [4.78, 5) is 6.15. The molecule has 0 aliphatic rings. The Kier molecular flexibility index (Phi) is 6.21. The number of hydrogen-bond acceptors (Lipinski definition) is 5. The van der Waals surface area contributed by atoms with Gasteiger partial charge in [0, 0.05) is 32.1 Å². The first kappa shape index (κ1) is 15.0. The average Bonchev–Trinajstić information content (AvgIpc) is 2.30. The molecule has 5 nitrogen and oxygen atoms in total. The van der Waals surface area contributed by atoms with Gasteiger partial charge in [0.05, 0.1) is 18.8 Å². The van der Waals surface area contributed by atoms with Crippen molar-refractivity contribution < 1.29 is 9.84 Å². The van der Waals surface area contributed by atoms with Crippen molar-refractivity contribution in [2.45, 2.75) is 25.1 Å². The topological polar surface area (TPSA) is 71.6 Å². The Labute approximate surface area is 109 Å². The van der Waals surface area contributed by atoms with E-state index < -0.39 is 6.10 Å². The summed E-state index contributed by atoms with van der Waals surface area (Å²) in [7, 11) is 3.52. The lowest BCUT2D eigenvalue weighted by atomic mass is 10.0. The van der Waals surface area contributed by atoms with E-state index in [1.54, 1.807) is 13.3 Å². The van der Waals surface area contributed by atoms with Crippen LogP contribution in [0.3, 0.4) is 0 Å². The van der Waals surface area contributed by atoms with Crippen LogP contribution in [-0.2, 0) is 4.74 Å². The molecule has 3 atom stereocenters. The molecular formula is C13H23N3O2. The number of likely N-dealkylation sites (N-methyl/N-ethyl adjacent to an activating group) is 1. The van der Waals surface area contributed by atoms with Crippen molar-refractivity contribution in [3.63, 3.8) is 0 Å². The monoisotopic (exact) mass is 253 g/mol. The van der Waals surface area contributed by atoms with Gasteiger partial charge in [0.15, 0.2) is 0 Å². The van der Waals surface area contributed by atoms with Gasteiger partial charge in [-0.15, -0.1) is 0 Å². The molecule has 3 N–H and O–H groups in total. The molecule has 1 aromatic heterocycles. The van der Waals surface area contributed by atoms with Crippen LogP contribution in [0, 0.1) is 0 Å². The van der Waals surface area contributed by atoms with Gasteiger partial charge in [-0.05, 0) is 25.6 Å². The highest BCUT2D eigenvalue weighted by Gasteiger charge is 2.23. The predicted molar refractivity (Wildman–Crippen MR) is 71.1 cm³/mol. The number of rotatable bonds is 7. The molecule has 102 valence electrons. The normalized spacial score (nSPS) is 16.6. The summed E-state index contributed by atoms with van der Waals surface area (Å²) in [5.41, 5.74) is 7.09. The Morgan fingerprint density at radius 1 is 1.56 bits per heavy atom. The van der Waals surface area contributed by atoms with Crippen LogP contribution in [0.5, 0.6) is 0 Å². The van der Waals surface area contributed by atoms with Crippen LogP contribution in [0.25, 0.3) is 0 Å². The van der Waals surface area contributed by atoms with Gasteiger partial charge in [-0.2, -0.15) is 0 Å². The van der Waals surface area contributed by atoms with Crippen molar-refractivity contribution >= 4 is 0 Å². The summed E-state index contributed by atoms with van der Waals surface area (Å²) in [6, 6.07) is 3.88. The molecule has 0 fully saturated rings. The number of hydrogen-bond donors (Lipinski definition) is 2. The third-order valence-corrected chi connectivity index (χ3v) is 2.86. The van der Waals surface area contributed by atoms with Crippen LogP contribution in [0.1, 0.15) is 18.5 Å². The molecule has 1 rings (SSSR count). The first-order valence-electron chi connectivity index (χ1n) is 6.09. The summed E-state index contributed by atoms with van der Waals surface area (Å²) in [6.45, 7) is 2.79. The van der Waals surface area contributed by atoms with Crippen LogP contribution in [0.2, 0.25) is 0 Å². The number of aliphatic hydroxyl groups excluding tert-OH is 1. The molecule has 18 heavy (non-hydrogen) atoms. The third-order valence-electron chi connectivity index (χ3n) is 2.86. The number of aliphatic hydroxyl groups is 1. The van der Waals surface area contributed by atoms with Crippen molar-refractivity contribution in [3.05, 3.63) is 30.1 Å². The first-order valence-corrected chi connectivity index (χ1v) is 6.09. The standard InChI is InChI=1S/C13H23N3O2/c1-10(14)13(11-5-4-6-15-7-11)16(2)8-12(17)9-18-3/h4-7,10,12-13,17H,8-9,14H2,1-3H3. The number of nitrogens with two attached hydrogens (primary N) is 1. The lowest BCUT2D eigenvalue weighted by Crippen LogP contribution is -2.41. The first-order chi connectivity index (χ1) is 8.56. The Bertz CT molecular complexity index is 332. The van der Waals surface area contributed by atoms with Crippen LogP contribution in [0.4, 0.5) is 0 Å². The van der Waals surface area contributed by atoms with Crippen molar-refractivity contribution in [2.24, 2.45) is 5.73 Å². The van der Waals surface area contributed by atoms with Gasteiger partial charge in [-0.1, -0.05) is 6.07 Å². The highest BCUT2D eigenvalue weighted by Crippen LogP contribution is 2.21. The SMILES string of the molecule is COCC(O)CN(C)C(c1cccnc1)C(C)N. The second-order valence-electron chi connectivity index (χ2n) is 4.64. The highest BCUT2D eigenvalue weighted by atomic mass is 16.5. The largest absolute Gasteiger partial charge is 0.389 e. The summed E-state index contributed by atoms with van der Waals surface area (Å²) in [5, 5.41) is 9.77. The number of ether oxygens (including phenoxy) is 1. The summed E-state index contributed by atoms with van der Waals surface area (Å²) < 4.78 is 4.93. The van der Waals surface area contributed by atoms with E-state index in [1.807, 2.05) is 37.2 Å². The van der Waals surface area contributed by atoms with Crippen LogP contribution in [-0.4, -0.2) is 54.4 Å². The summed E-state index contributed by atoms with van der Waals surface area (Å²) >= 11 is 0. The number of nitrogens with zero attached hydrogens (tertiary/aromatic N) is 2. The second kappa shape index (κ2) is 7.43. The van der Waals surface area contributed by atoms with Crippen LogP contribution < -0.4 is 5.73 Å². The van der Waals surface area contributed by atoms with E-state index in [1.165, 1.54) is 0 Å². The van der Waals surface area contributed by atoms with Crippen LogP contribution in [0.15, 0.2) is 24.5 Å². The minimum Gasteiger partial charge on any atom is -0.389 e. The maximum atomic E-state index is 9.77. The molecule has 5 heteroatoms. The lowest BCUT2D eigenvalue weighted by Gasteiger charge is -2.32. The number of methoxy groups -OCH3 is 1. The fraction of sp³-hybridized carbons (Fsp3) is 0.615.